The van der Waals surface area contributed by atoms with Crippen LogP contribution in [0.1, 0.15) is 28.3 Å². The van der Waals surface area contributed by atoms with E-state index in [1.807, 2.05) is 50.2 Å². The largest absolute Gasteiger partial charge is 0.507 e. The van der Waals surface area contributed by atoms with Crippen molar-refractivity contribution in [1.82, 2.24) is 0 Å². The number of aryl methyl sites for hydroxylation is 2. The van der Waals surface area contributed by atoms with E-state index < -0.39 is 17.7 Å². The van der Waals surface area contributed by atoms with E-state index >= 15 is 0 Å². The number of Topliss-reactive ketones (excluding diaryl/α,β-unsaturated/α-hetero) is 1. The number of amides is 1. The van der Waals surface area contributed by atoms with Crippen LogP contribution in [0.5, 0.6) is 11.5 Å². The summed E-state index contributed by atoms with van der Waals surface area (Å²) in [4.78, 5) is 27.9. The number of anilines is 1. The SMILES string of the molecule is COc1ccc(N2C(=O)C(=O)/C(=C(/O)c3cc(C)c(OC)cc3C)C2c2ccccc2)cc1. The van der Waals surface area contributed by atoms with E-state index in [-0.39, 0.29) is 11.3 Å². The van der Waals surface area contributed by atoms with Gasteiger partial charge < -0.3 is 14.6 Å². The van der Waals surface area contributed by atoms with Crippen molar-refractivity contribution in [3.63, 3.8) is 0 Å². The van der Waals surface area contributed by atoms with Crippen molar-refractivity contribution in [2.24, 2.45) is 0 Å². The number of hydrogen-bond acceptors (Lipinski definition) is 5. The molecule has 1 aliphatic rings. The maximum absolute atomic E-state index is 13.3. The minimum absolute atomic E-state index is 0.0506. The first kappa shape index (κ1) is 22.1. The Labute approximate surface area is 192 Å². The molecule has 4 rings (SSSR count). The maximum atomic E-state index is 13.3. The Bertz CT molecular complexity index is 1250. The highest BCUT2D eigenvalue weighted by Crippen LogP contribution is 2.43. The fourth-order valence-corrected chi connectivity index (χ4v) is 4.20. The second kappa shape index (κ2) is 8.82. The molecule has 0 aliphatic carbocycles. The zero-order chi connectivity index (χ0) is 23.7. The van der Waals surface area contributed by atoms with Gasteiger partial charge in [0.15, 0.2) is 0 Å². The molecule has 0 radical (unpaired) electrons. The average molecular weight is 443 g/mol. The molecule has 1 fully saturated rings. The van der Waals surface area contributed by atoms with Gasteiger partial charge in [-0.1, -0.05) is 30.3 Å². The van der Waals surface area contributed by atoms with E-state index in [1.165, 1.54) is 4.90 Å². The number of rotatable bonds is 5. The molecule has 6 nitrogen and oxygen atoms in total. The molecule has 33 heavy (non-hydrogen) atoms. The van der Waals surface area contributed by atoms with Crippen LogP contribution in [0.25, 0.3) is 5.76 Å². The van der Waals surface area contributed by atoms with E-state index in [2.05, 4.69) is 0 Å². The van der Waals surface area contributed by atoms with Gasteiger partial charge in [-0.05, 0) is 66.9 Å². The third-order valence-electron chi connectivity index (χ3n) is 5.91. The Morgan fingerprint density at radius 3 is 2.15 bits per heavy atom. The van der Waals surface area contributed by atoms with Crippen LogP contribution in [0.4, 0.5) is 5.69 Å². The molecular weight excluding hydrogens is 418 g/mol. The van der Waals surface area contributed by atoms with E-state index in [4.69, 9.17) is 9.47 Å². The van der Waals surface area contributed by atoms with Gasteiger partial charge in [0.25, 0.3) is 11.7 Å². The lowest BCUT2D eigenvalue weighted by Gasteiger charge is -2.25. The zero-order valence-corrected chi connectivity index (χ0v) is 19.0. The number of nitrogens with zero attached hydrogens (tertiary/aromatic N) is 1. The summed E-state index contributed by atoms with van der Waals surface area (Å²) in [6.07, 6.45) is 0. The van der Waals surface area contributed by atoms with Crippen LogP contribution in [0.15, 0.2) is 72.3 Å². The molecule has 1 N–H and O–H groups in total. The van der Waals surface area contributed by atoms with Gasteiger partial charge >= 0.3 is 0 Å². The average Bonchev–Trinajstić information content (AvgIpc) is 3.10. The Morgan fingerprint density at radius 1 is 0.879 bits per heavy atom. The standard InChI is InChI=1S/C27H25NO5/c1-16-15-22(33-4)17(2)14-21(16)25(29)23-24(18-8-6-5-7-9-18)28(27(31)26(23)30)19-10-12-20(32-3)13-11-19/h5-15,24,29H,1-4H3/b25-23+. The molecule has 168 valence electrons. The molecule has 1 atom stereocenters. The van der Waals surface area contributed by atoms with Crippen molar-refractivity contribution in [3.8, 4) is 11.5 Å². The number of carbonyl (C=O) groups excluding carboxylic acids is 2. The first-order valence-electron chi connectivity index (χ1n) is 10.5. The molecule has 0 spiro atoms. The van der Waals surface area contributed by atoms with Crippen molar-refractivity contribution in [1.29, 1.82) is 0 Å². The lowest BCUT2D eigenvalue weighted by molar-refractivity contribution is -0.132. The van der Waals surface area contributed by atoms with Crippen molar-refractivity contribution in [3.05, 3.63) is 94.6 Å². The highest BCUT2D eigenvalue weighted by molar-refractivity contribution is 6.51. The van der Waals surface area contributed by atoms with E-state index in [0.717, 1.165) is 16.7 Å². The number of carbonyl (C=O) groups is 2. The first-order valence-corrected chi connectivity index (χ1v) is 10.5. The highest BCUT2D eigenvalue weighted by atomic mass is 16.5. The van der Waals surface area contributed by atoms with Crippen LogP contribution >= 0.6 is 0 Å². The van der Waals surface area contributed by atoms with Crippen LogP contribution in [0.2, 0.25) is 0 Å². The van der Waals surface area contributed by atoms with E-state index in [9.17, 15) is 14.7 Å². The number of ketones is 1. The van der Waals surface area contributed by atoms with Gasteiger partial charge in [0.05, 0.1) is 25.8 Å². The van der Waals surface area contributed by atoms with Crippen molar-refractivity contribution >= 4 is 23.1 Å². The van der Waals surface area contributed by atoms with Gasteiger partial charge in [-0.3, -0.25) is 14.5 Å². The minimum atomic E-state index is -0.776. The lowest BCUT2D eigenvalue weighted by atomic mass is 9.93. The highest BCUT2D eigenvalue weighted by Gasteiger charge is 2.47. The zero-order valence-electron chi connectivity index (χ0n) is 19.0. The van der Waals surface area contributed by atoms with Gasteiger partial charge in [-0.25, -0.2) is 0 Å². The monoisotopic (exact) mass is 443 g/mol. The Balaban J connectivity index is 1.94. The van der Waals surface area contributed by atoms with Crippen LogP contribution < -0.4 is 14.4 Å². The van der Waals surface area contributed by atoms with Gasteiger partial charge in [0, 0.05) is 11.3 Å². The first-order chi connectivity index (χ1) is 15.9. The van der Waals surface area contributed by atoms with Crippen LogP contribution in [-0.2, 0) is 9.59 Å². The minimum Gasteiger partial charge on any atom is -0.507 e. The third-order valence-corrected chi connectivity index (χ3v) is 5.91. The molecular formula is C27H25NO5. The Kier molecular flexibility index (Phi) is 5.92. The molecule has 0 bridgehead atoms. The van der Waals surface area contributed by atoms with Gasteiger partial charge in [0.1, 0.15) is 17.3 Å². The Morgan fingerprint density at radius 2 is 1.55 bits per heavy atom. The van der Waals surface area contributed by atoms with Gasteiger partial charge in [-0.15, -0.1) is 0 Å². The van der Waals surface area contributed by atoms with E-state index in [1.54, 1.807) is 44.6 Å². The summed E-state index contributed by atoms with van der Waals surface area (Å²) in [5.41, 5.74) is 3.34. The smallest absolute Gasteiger partial charge is 0.300 e. The predicted octanol–water partition coefficient (Wildman–Crippen LogP) is 4.95. The molecule has 3 aromatic carbocycles. The lowest BCUT2D eigenvalue weighted by Crippen LogP contribution is -2.29. The molecule has 0 saturated carbocycles. The number of methoxy groups -OCH3 is 2. The van der Waals surface area contributed by atoms with Gasteiger partial charge in [-0.2, -0.15) is 0 Å². The molecule has 1 heterocycles. The molecule has 1 amide bonds. The second-order valence-electron chi connectivity index (χ2n) is 7.91. The molecule has 0 aromatic heterocycles. The topological polar surface area (TPSA) is 76.1 Å². The summed E-state index contributed by atoms with van der Waals surface area (Å²) in [6, 6.07) is 18.9. The summed E-state index contributed by atoms with van der Waals surface area (Å²) in [5, 5.41) is 11.4. The van der Waals surface area contributed by atoms with Crippen molar-refractivity contribution in [2.45, 2.75) is 19.9 Å². The second-order valence-corrected chi connectivity index (χ2v) is 7.91. The fourth-order valence-electron chi connectivity index (χ4n) is 4.20. The Hall–Kier alpha value is -4.06. The third kappa shape index (κ3) is 3.84. The van der Waals surface area contributed by atoms with Crippen LogP contribution in [0.3, 0.4) is 0 Å². The molecule has 1 saturated heterocycles. The predicted molar refractivity (Wildman–Crippen MR) is 127 cm³/mol. The van der Waals surface area contributed by atoms with Crippen LogP contribution in [0, 0.1) is 13.8 Å². The normalized spacial score (nSPS) is 17.3. The van der Waals surface area contributed by atoms with Crippen molar-refractivity contribution < 1.29 is 24.2 Å². The van der Waals surface area contributed by atoms with Crippen molar-refractivity contribution in [2.75, 3.05) is 19.1 Å². The summed E-state index contributed by atoms with van der Waals surface area (Å²) in [6.45, 7) is 3.69. The maximum Gasteiger partial charge on any atom is 0.300 e. The number of aliphatic hydroxyl groups excluding tert-OH is 1. The van der Waals surface area contributed by atoms with E-state index in [0.29, 0.717) is 22.7 Å². The number of benzene rings is 3. The van der Waals surface area contributed by atoms with Crippen LogP contribution in [-0.4, -0.2) is 31.0 Å². The number of ether oxygens (including phenoxy) is 2. The molecule has 1 unspecified atom stereocenters. The molecule has 1 aliphatic heterocycles. The number of aliphatic hydroxyl groups is 1. The quantitative estimate of drug-likeness (QED) is 0.343. The number of hydrogen-bond donors (Lipinski definition) is 1. The molecule has 3 aromatic rings. The summed E-state index contributed by atoms with van der Waals surface area (Å²) in [7, 11) is 3.14. The molecule has 6 heteroatoms. The summed E-state index contributed by atoms with van der Waals surface area (Å²) in [5.74, 6) is -0.316. The summed E-state index contributed by atoms with van der Waals surface area (Å²) >= 11 is 0. The summed E-state index contributed by atoms with van der Waals surface area (Å²) < 4.78 is 10.6. The van der Waals surface area contributed by atoms with Gasteiger partial charge in [0.2, 0.25) is 0 Å². The fraction of sp³-hybridized carbons (Fsp3) is 0.185.